The summed E-state index contributed by atoms with van der Waals surface area (Å²) in [4.78, 5) is 21.9. The van der Waals surface area contributed by atoms with Crippen LogP contribution in [0, 0.1) is 0 Å². The van der Waals surface area contributed by atoms with Crippen LogP contribution >= 0.6 is 0 Å². The zero-order valence-electron chi connectivity index (χ0n) is 10.9. The SMILES string of the molecule is COc1cccc(CNC(=O)CO[C@H](C)C(=O)O)c1. The molecular formula is C13H17NO5. The summed E-state index contributed by atoms with van der Waals surface area (Å²) < 4.78 is 9.93. The molecule has 1 rings (SSSR count). The van der Waals surface area contributed by atoms with Gasteiger partial charge in [-0.05, 0) is 24.6 Å². The van der Waals surface area contributed by atoms with Gasteiger partial charge in [0.2, 0.25) is 5.91 Å². The number of carbonyl (C=O) groups is 2. The molecule has 0 saturated heterocycles. The molecule has 0 aromatic heterocycles. The first-order valence-electron chi connectivity index (χ1n) is 5.77. The second-order valence-corrected chi connectivity index (χ2v) is 3.92. The summed E-state index contributed by atoms with van der Waals surface area (Å²) in [7, 11) is 1.57. The lowest BCUT2D eigenvalue weighted by Gasteiger charge is -2.09. The third-order valence-electron chi connectivity index (χ3n) is 2.44. The van der Waals surface area contributed by atoms with Crippen molar-refractivity contribution in [3.63, 3.8) is 0 Å². The number of amides is 1. The minimum atomic E-state index is -1.10. The Bertz CT molecular complexity index is 446. The van der Waals surface area contributed by atoms with Gasteiger partial charge in [0, 0.05) is 6.54 Å². The summed E-state index contributed by atoms with van der Waals surface area (Å²) in [5.74, 6) is -0.751. The van der Waals surface area contributed by atoms with Gasteiger partial charge in [-0.25, -0.2) is 4.79 Å². The molecule has 6 heteroatoms. The van der Waals surface area contributed by atoms with E-state index in [0.29, 0.717) is 12.3 Å². The molecule has 0 spiro atoms. The van der Waals surface area contributed by atoms with Gasteiger partial charge in [-0.15, -0.1) is 0 Å². The standard InChI is InChI=1S/C13H17NO5/c1-9(13(16)17)19-8-12(15)14-7-10-4-3-5-11(6-10)18-2/h3-6,9H,7-8H2,1-2H3,(H,14,15)(H,16,17)/t9-/m1/s1. The molecule has 6 nitrogen and oxygen atoms in total. The molecule has 0 unspecified atom stereocenters. The summed E-state index contributed by atoms with van der Waals surface area (Å²) in [5.41, 5.74) is 0.888. The van der Waals surface area contributed by atoms with Crippen molar-refractivity contribution in [3.8, 4) is 5.75 Å². The largest absolute Gasteiger partial charge is 0.497 e. The van der Waals surface area contributed by atoms with E-state index in [4.69, 9.17) is 14.6 Å². The second kappa shape index (κ2) is 7.38. The number of hydrogen-bond donors (Lipinski definition) is 2. The Hall–Kier alpha value is -2.08. The molecule has 0 saturated carbocycles. The van der Waals surface area contributed by atoms with Gasteiger partial charge in [0.1, 0.15) is 12.4 Å². The first-order valence-corrected chi connectivity index (χ1v) is 5.77. The number of carboxylic acid groups (broad SMARTS) is 1. The number of ether oxygens (including phenoxy) is 2. The molecule has 104 valence electrons. The van der Waals surface area contributed by atoms with E-state index in [9.17, 15) is 9.59 Å². The predicted octanol–water partition coefficient (Wildman–Crippen LogP) is 0.801. The lowest BCUT2D eigenvalue weighted by Crippen LogP contribution is -2.31. The predicted molar refractivity (Wildman–Crippen MR) is 67.9 cm³/mol. The summed E-state index contributed by atoms with van der Waals surface area (Å²) in [5, 5.41) is 11.2. The molecule has 0 bridgehead atoms. The lowest BCUT2D eigenvalue weighted by atomic mass is 10.2. The number of benzene rings is 1. The zero-order chi connectivity index (χ0) is 14.3. The highest BCUT2D eigenvalue weighted by Gasteiger charge is 2.12. The summed E-state index contributed by atoms with van der Waals surface area (Å²) in [6.07, 6.45) is -0.998. The topological polar surface area (TPSA) is 84.9 Å². The first kappa shape index (κ1) is 15.0. The van der Waals surface area contributed by atoms with E-state index in [1.165, 1.54) is 6.92 Å². The van der Waals surface area contributed by atoms with E-state index >= 15 is 0 Å². The number of carboxylic acids is 1. The molecule has 1 atom stereocenters. The monoisotopic (exact) mass is 267 g/mol. The average Bonchev–Trinajstić information content (AvgIpc) is 2.42. The van der Waals surface area contributed by atoms with Gasteiger partial charge in [-0.1, -0.05) is 12.1 Å². The van der Waals surface area contributed by atoms with Crippen LogP contribution in [0.1, 0.15) is 12.5 Å². The highest BCUT2D eigenvalue weighted by molar-refractivity contribution is 5.78. The summed E-state index contributed by atoms with van der Waals surface area (Å²) >= 11 is 0. The maximum atomic E-state index is 11.4. The van der Waals surface area contributed by atoms with E-state index in [0.717, 1.165) is 5.56 Å². The van der Waals surface area contributed by atoms with Crippen LogP contribution in [0.25, 0.3) is 0 Å². The molecule has 0 radical (unpaired) electrons. The Morgan fingerprint density at radius 1 is 1.42 bits per heavy atom. The molecule has 1 aromatic rings. The molecule has 1 aromatic carbocycles. The van der Waals surface area contributed by atoms with E-state index in [1.807, 2.05) is 18.2 Å². The lowest BCUT2D eigenvalue weighted by molar-refractivity contribution is -0.150. The first-order chi connectivity index (χ1) is 9.02. The molecule has 0 heterocycles. The third kappa shape index (κ3) is 5.39. The van der Waals surface area contributed by atoms with Crippen LogP contribution in [0.4, 0.5) is 0 Å². The van der Waals surface area contributed by atoms with Gasteiger partial charge in [0.15, 0.2) is 6.10 Å². The van der Waals surface area contributed by atoms with Gasteiger partial charge in [0.25, 0.3) is 0 Å². The van der Waals surface area contributed by atoms with E-state index in [1.54, 1.807) is 13.2 Å². The Kier molecular flexibility index (Phi) is 5.81. The average molecular weight is 267 g/mol. The normalized spacial score (nSPS) is 11.7. The van der Waals surface area contributed by atoms with Gasteiger partial charge < -0.3 is 19.9 Å². The molecular weight excluding hydrogens is 250 g/mol. The van der Waals surface area contributed by atoms with Crippen LogP contribution in [0.2, 0.25) is 0 Å². The van der Waals surface area contributed by atoms with Crippen molar-refractivity contribution >= 4 is 11.9 Å². The summed E-state index contributed by atoms with van der Waals surface area (Å²) in [6.45, 7) is 1.43. The Morgan fingerprint density at radius 2 is 2.16 bits per heavy atom. The second-order valence-electron chi connectivity index (χ2n) is 3.92. The Balaban J connectivity index is 2.35. The van der Waals surface area contributed by atoms with Crippen molar-refractivity contribution in [1.82, 2.24) is 5.32 Å². The van der Waals surface area contributed by atoms with Crippen LogP contribution in [-0.4, -0.2) is 36.8 Å². The van der Waals surface area contributed by atoms with Crippen molar-refractivity contribution in [2.75, 3.05) is 13.7 Å². The number of rotatable bonds is 7. The van der Waals surface area contributed by atoms with Crippen LogP contribution in [0.3, 0.4) is 0 Å². The fourth-order valence-corrected chi connectivity index (χ4v) is 1.31. The fraction of sp³-hybridized carbons (Fsp3) is 0.385. The molecule has 1 amide bonds. The van der Waals surface area contributed by atoms with Crippen LogP contribution in [-0.2, 0) is 20.9 Å². The van der Waals surface area contributed by atoms with Gasteiger partial charge in [-0.3, -0.25) is 4.79 Å². The maximum Gasteiger partial charge on any atom is 0.332 e. The van der Waals surface area contributed by atoms with Gasteiger partial charge in [-0.2, -0.15) is 0 Å². The number of hydrogen-bond acceptors (Lipinski definition) is 4. The molecule has 2 N–H and O–H groups in total. The molecule has 19 heavy (non-hydrogen) atoms. The van der Waals surface area contributed by atoms with Crippen LogP contribution in [0.15, 0.2) is 24.3 Å². The number of nitrogens with one attached hydrogen (secondary N) is 1. The fourth-order valence-electron chi connectivity index (χ4n) is 1.31. The highest BCUT2D eigenvalue weighted by atomic mass is 16.5. The van der Waals surface area contributed by atoms with Gasteiger partial charge >= 0.3 is 5.97 Å². The Labute approximate surface area is 111 Å². The maximum absolute atomic E-state index is 11.4. The van der Waals surface area contributed by atoms with Crippen LogP contribution in [0.5, 0.6) is 5.75 Å². The van der Waals surface area contributed by atoms with Crippen molar-refractivity contribution in [2.45, 2.75) is 19.6 Å². The third-order valence-corrected chi connectivity index (χ3v) is 2.44. The van der Waals surface area contributed by atoms with Gasteiger partial charge in [0.05, 0.1) is 7.11 Å². The quantitative estimate of drug-likeness (QED) is 0.763. The highest BCUT2D eigenvalue weighted by Crippen LogP contribution is 2.11. The Morgan fingerprint density at radius 3 is 2.79 bits per heavy atom. The van der Waals surface area contributed by atoms with E-state index in [-0.39, 0.29) is 12.5 Å². The van der Waals surface area contributed by atoms with Crippen molar-refractivity contribution in [1.29, 1.82) is 0 Å². The molecule has 0 aliphatic carbocycles. The van der Waals surface area contributed by atoms with E-state index < -0.39 is 12.1 Å². The number of methoxy groups -OCH3 is 1. The smallest absolute Gasteiger partial charge is 0.332 e. The van der Waals surface area contributed by atoms with Crippen molar-refractivity contribution in [3.05, 3.63) is 29.8 Å². The minimum Gasteiger partial charge on any atom is -0.497 e. The van der Waals surface area contributed by atoms with Crippen molar-refractivity contribution in [2.24, 2.45) is 0 Å². The number of carbonyl (C=O) groups excluding carboxylic acids is 1. The van der Waals surface area contributed by atoms with Crippen molar-refractivity contribution < 1.29 is 24.2 Å². The van der Waals surface area contributed by atoms with E-state index in [2.05, 4.69) is 5.32 Å². The molecule has 0 aliphatic heterocycles. The molecule has 0 fully saturated rings. The minimum absolute atomic E-state index is 0.280. The molecule has 0 aliphatic rings. The van der Waals surface area contributed by atoms with Crippen LogP contribution < -0.4 is 10.1 Å². The summed E-state index contributed by atoms with van der Waals surface area (Å²) in [6, 6.07) is 7.29. The zero-order valence-corrected chi connectivity index (χ0v) is 10.9. The number of aliphatic carboxylic acids is 1.